The van der Waals surface area contributed by atoms with Gasteiger partial charge in [-0.2, -0.15) is 4.98 Å². The first-order chi connectivity index (χ1) is 9.49. The summed E-state index contributed by atoms with van der Waals surface area (Å²) >= 11 is 0. The molecule has 2 rings (SSSR count). The number of hydrogen-bond acceptors (Lipinski definition) is 7. The van der Waals surface area contributed by atoms with Crippen molar-refractivity contribution < 1.29 is 9.66 Å². The van der Waals surface area contributed by atoms with Crippen molar-refractivity contribution in [3.63, 3.8) is 0 Å². The summed E-state index contributed by atoms with van der Waals surface area (Å²) in [5.41, 5.74) is 5.80. The van der Waals surface area contributed by atoms with Crippen LogP contribution in [0.2, 0.25) is 0 Å². The van der Waals surface area contributed by atoms with Gasteiger partial charge in [-0.05, 0) is 25.7 Å². The quantitative estimate of drug-likeness (QED) is 0.651. The van der Waals surface area contributed by atoms with E-state index in [0.717, 1.165) is 19.4 Å². The van der Waals surface area contributed by atoms with E-state index in [2.05, 4.69) is 9.97 Å². The fourth-order valence-corrected chi connectivity index (χ4v) is 2.48. The van der Waals surface area contributed by atoms with Gasteiger partial charge in [0.15, 0.2) is 0 Å². The van der Waals surface area contributed by atoms with E-state index in [0.29, 0.717) is 19.1 Å². The van der Waals surface area contributed by atoms with Gasteiger partial charge in [-0.15, -0.1) is 0 Å². The number of nitrogens with zero attached hydrogens (tertiary/aromatic N) is 4. The molecule has 1 aliphatic rings. The predicted octanol–water partition coefficient (Wildman–Crippen LogP) is 1.14. The van der Waals surface area contributed by atoms with Crippen LogP contribution >= 0.6 is 0 Å². The van der Waals surface area contributed by atoms with Gasteiger partial charge in [0.1, 0.15) is 5.69 Å². The van der Waals surface area contributed by atoms with Crippen LogP contribution in [0.5, 0.6) is 0 Å². The van der Waals surface area contributed by atoms with Gasteiger partial charge in [-0.25, -0.2) is 4.98 Å². The van der Waals surface area contributed by atoms with Crippen molar-refractivity contribution in [2.45, 2.75) is 19.8 Å². The van der Waals surface area contributed by atoms with Crippen molar-refractivity contribution in [3.05, 3.63) is 15.8 Å². The zero-order valence-electron chi connectivity index (χ0n) is 11.7. The standard InChI is InChI=1S/C12H19N5O3/c1-8-10(17(18)19)11(15-12(13)14-8)16(2)6-9-4-3-5-20-7-9/h9H,3-7H2,1-2H3,(H2,13,14,15). The lowest BCUT2D eigenvalue weighted by Crippen LogP contribution is -2.32. The van der Waals surface area contributed by atoms with Crippen LogP contribution in [-0.4, -0.2) is 41.7 Å². The zero-order valence-corrected chi connectivity index (χ0v) is 11.7. The maximum absolute atomic E-state index is 11.2. The van der Waals surface area contributed by atoms with Crippen LogP contribution in [0.25, 0.3) is 0 Å². The van der Waals surface area contributed by atoms with Gasteiger partial charge in [0.05, 0.1) is 11.5 Å². The summed E-state index contributed by atoms with van der Waals surface area (Å²) in [5, 5.41) is 11.2. The summed E-state index contributed by atoms with van der Waals surface area (Å²) in [5.74, 6) is 0.672. The number of rotatable bonds is 4. The second kappa shape index (κ2) is 6.00. The Balaban J connectivity index is 2.23. The second-order valence-corrected chi connectivity index (χ2v) is 5.06. The molecule has 0 radical (unpaired) electrons. The number of hydrogen-bond donors (Lipinski definition) is 1. The molecule has 110 valence electrons. The SMILES string of the molecule is Cc1nc(N)nc(N(C)CC2CCCOC2)c1[N+](=O)[O-]. The Hall–Kier alpha value is -1.96. The average Bonchev–Trinajstić information content (AvgIpc) is 2.38. The molecular weight excluding hydrogens is 262 g/mol. The monoisotopic (exact) mass is 281 g/mol. The number of anilines is 2. The van der Waals surface area contributed by atoms with Crippen molar-refractivity contribution in [1.82, 2.24) is 9.97 Å². The first-order valence-electron chi connectivity index (χ1n) is 6.56. The Kier molecular flexibility index (Phi) is 4.33. The van der Waals surface area contributed by atoms with Crippen molar-refractivity contribution in [1.29, 1.82) is 0 Å². The van der Waals surface area contributed by atoms with Crippen molar-refractivity contribution >= 4 is 17.5 Å². The number of aromatic nitrogens is 2. The second-order valence-electron chi connectivity index (χ2n) is 5.06. The maximum Gasteiger partial charge on any atom is 0.332 e. The Morgan fingerprint density at radius 1 is 1.55 bits per heavy atom. The first-order valence-corrected chi connectivity index (χ1v) is 6.56. The lowest BCUT2D eigenvalue weighted by Gasteiger charge is -2.27. The van der Waals surface area contributed by atoms with Gasteiger partial charge in [0.25, 0.3) is 0 Å². The summed E-state index contributed by atoms with van der Waals surface area (Å²) in [6.07, 6.45) is 2.07. The largest absolute Gasteiger partial charge is 0.381 e. The van der Waals surface area contributed by atoms with Crippen molar-refractivity contribution in [3.8, 4) is 0 Å². The lowest BCUT2D eigenvalue weighted by molar-refractivity contribution is -0.385. The lowest BCUT2D eigenvalue weighted by atomic mass is 10.0. The highest BCUT2D eigenvalue weighted by Gasteiger charge is 2.26. The van der Waals surface area contributed by atoms with Gasteiger partial charge in [0.2, 0.25) is 11.8 Å². The van der Waals surface area contributed by atoms with Crippen LogP contribution in [0.3, 0.4) is 0 Å². The Morgan fingerprint density at radius 3 is 2.90 bits per heavy atom. The van der Waals surface area contributed by atoms with E-state index in [1.54, 1.807) is 18.9 Å². The molecule has 8 heteroatoms. The van der Waals surface area contributed by atoms with Gasteiger partial charge >= 0.3 is 5.69 Å². The summed E-state index contributed by atoms with van der Waals surface area (Å²) < 4.78 is 5.43. The molecule has 2 N–H and O–H groups in total. The highest BCUT2D eigenvalue weighted by molar-refractivity contribution is 5.61. The Labute approximate surface area is 117 Å². The molecule has 20 heavy (non-hydrogen) atoms. The smallest absolute Gasteiger partial charge is 0.332 e. The number of nitrogen functional groups attached to an aromatic ring is 1. The average molecular weight is 281 g/mol. The van der Waals surface area contributed by atoms with E-state index < -0.39 is 4.92 Å². The minimum Gasteiger partial charge on any atom is -0.381 e. The molecule has 0 spiro atoms. The number of aryl methyl sites for hydroxylation is 1. The van der Waals surface area contributed by atoms with Gasteiger partial charge in [-0.1, -0.05) is 0 Å². The van der Waals surface area contributed by atoms with E-state index in [1.165, 1.54) is 0 Å². The van der Waals surface area contributed by atoms with Gasteiger partial charge < -0.3 is 15.4 Å². The van der Waals surface area contributed by atoms with Crippen LogP contribution in [0.4, 0.5) is 17.5 Å². The molecule has 0 aromatic carbocycles. The topological polar surface area (TPSA) is 107 Å². The van der Waals surface area contributed by atoms with Crippen molar-refractivity contribution in [2.24, 2.45) is 5.92 Å². The summed E-state index contributed by atoms with van der Waals surface area (Å²) in [6, 6.07) is 0. The molecule has 0 saturated carbocycles. The molecule has 8 nitrogen and oxygen atoms in total. The molecule has 1 atom stereocenters. The third-order valence-corrected chi connectivity index (χ3v) is 3.39. The molecule has 1 unspecified atom stereocenters. The summed E-state index contributed by atoms with van der Waals surface area (Å²) in [7, 11) is 1.78. The molecule has 1 aromatic heterocycles. The summed E-state index contributed by atoms with van der Waals surface area (Å²) in [6.45, 7) is 3.69. The third kappa shape index (κ3) is 3.13. The molecule has 0 aliphatic carbocycles. The molecule has 1 saturated heterocycles. The number of ether oxygens (including phenoxy) is 1. The van der Waals surface area contributed by atoms with Crippen LogP contribution in [0, 0.1) is 23.0 Å². The molecule has 1 aliphatic heterocycles. The predicted molar refractivity (Wildman–Crippen MR) is 74.6 cm³/mol. The van der Waals surface area contributed by atoms with Gasteiger partial charge in [-0.3, -0.25) is 10.1 Å². The molecular formula is C12H19N5O3. The van der Waals surface area contributed by atoms with Crippen LogP contribution < -0.4 is 10.6 Å². The van der Waals surface area contributed by atoms with Crippen LogP contribution in [-0.2, 0) is 4.74 Å². The zero-order chi connectivity index (χ0) is 14.7. The van der Waals surface area contributed by atoms with Gasteiger partial charge in [0, 0.05) is 20.2 Å². The van der Waals surface area contributed by atoms with E-state index in [1.807, 2.05) is 0 Å². The normalized spacial score (nSPS) is 18.8. The number of nitro groups is 1. The minimum absolute atomic E-state index is 0.0508. The number of nitrogens with two attached hydrogens (primary N) is 1. The maximum atomic E-state index is 11.2. The van der Waals surface area contributed by atoms with Crippen LogP contribution in [0.15, 0.2) is 0 Å². The molecule has 1 fully saturated rings. The Morgan fingerprint density at radius 2 is 2.30 bits per heavy atom. The van der Waals surface area contributed by atoms with E-state index >= 15 is 0 Å². The molecule has 1 aromatic rings. The van der Waals surface area contributed by atoms with E-state index in [9.17, 15) is 10.1 Å². The Bertz CT molecular complexity index is 502. The highest BCUT2D eigenvalue weighted by Crippen LogP contribution is 2.29. The molecule has 0 amide bonds. The van der Waals surface area contributed by atoms with E-state index in [4.69, 9.17) is 10.5 Å². The molecule has 2 heterocycles. The fraction of sp³-hybridized carbons (Fsp3) is 0.667. The first kappa shape index (κ1) is 14.4. The van der Waals surface area contributed by atoms with Crippen LogP contribution in [0.1, 0.15) is 18.5 Å². The minimum atomic E-state index is -0.460. The highest BCUT2D eigenvalue weighted by atomic mass is 16.6. The van der Waals surface area contributed by atoms with Crippen molar-refractivity contribution in [2.75, 3.05) is 37.4 Å². The summed E-state index contributed by atoms with van der Waals surface area (Å²) in [4.78, 5) is 20.4. The molecule has 0 bridgehead atoms. The third-order valence-electron chi connectivity index (χ3n) is 3.39. The van der Waals surface area contributed by atoms with E-state index in [-0.39, 0.29) is 23.1 Å². The fourth-order valence-electron chi connectivity index (χ4n) is 2.48.